The molecule has 0 saturated heterocycles. The maximum atomic E-state index is 10.7. The molecule has 0 amide bonds. The maximum absolute atomic E-state index is 10.7. The van der Waals surface area contributed by atoms with Crippen molar-refractivity contribution in [2.75, 3.05) is 0 Å². The van der Waals surface area contributed by atoms with Crippen LogP contribution in [0.15, 0.2) is 0 Å². The van der Waals surface area contributed by atoms with Gasteiger partial charge in [-0.2, -0.15) is 0 Å². The van der Waals surface area contributed by atoms with Gasteiger partial charge < -0.3 is 5.11 Å². The fourth-order valence-electron chi connectivity index (χ4n) is 1.50. The molecule has 1 N–H and O–H groups in total. The monoisotopic (exact) mass is 210 g/mol. The number of rotatable bonds is 8. The summed E-state index contributed by atoms with van der Waals surface area (Å²) in [4.78, 5) is 10.7. The van der Waals surface area contributed by atoms with Gasteiger partial charge >= 0.3 is 35.5 Å². The van der Waals surface area contributed by atoms with Crippen molar-refractivity contribution in [3.63, 3.8) is 0 Å². The van der Waals surface area contributed by atoms with E-state index in [0.717, 1.165) is 19.3 Å². The van der Waals surface area contributed by atoms with Crippen LogP contribution in [-0.4, -0.2) is 40.6 Å². The Morgan fingerprint density at radius 1 is 1.14 bits per heavy atom. The molecule has 0 rings (SSSR count). The zero-order valence-corrected chi connectivity index (χ0v) is 8.88. The standard InChI is InChI=1S/C11H22O2.Na.H/c1-3-5-6-7-8-9-10(4-2)11(12)13;;/h10H,3-9H2,1-2H3,(H,12,13);;. The number of carboxylic acid groups (broad SMARTS) is 1. The molecule has 3 heteroatoms. The van der Waals surface area contributed by atoms with Gasteiger partial charge in [0.25, 0.3) is 0 Å². The second kappa shape index (κ2) is 11.5. The average Bonchev–Trinajstić information content (AvgIpc) is 2.10. The predicted octanol–water partition coefficient (Wildman–Crippen LogP) is 2.81. The summed E-state index contributed by atoms with van der Waals surface area (Å²) in [5, 5.41) is 8.78. The van der Waals surface area contributed by atoms with Gasteiger partial charge in [-0.1, -0.05) is 46.0 Å². The van der Waals surface area contributed by atoms with E-state index in [-0.39, 0.29) is 35.5 Å². The summed E-state index contributed by atoms with van der Waals surface area (Å²) in [6.45, 7) is 4.14. The summed E-state index contributed by atoms with van der Waals surface area (Å²) in [6, 6.07) is 0. The number of hydrogen-bond donors (Lipinski definition) is 1. The third-order valence-electron chi connectivity index (χ3n) is 2.50. The van der Waals surface area contributed by atoms with Gasteiger partial charge in [-0.3, -0.25) is 4.79 Å². The number of unbranched alkanes of at least 4 members (excludes halogenated alkanes) is 4. The van der Waals surface area contributed by atoms with E-state index in [4.69, 9.17) is 5.11 Å². The van der Waals surface area contributed by atoms with Crippen LogP contribution in [0.25, 0.3) is 0 Å². The molecule has 0 fully saturated rings. The first-order chi connectivity index (χ1) is 6.22. The molecule has 0 aliphatic heterocycles. The average molecular weight is 210 g/mol. The summed E-state index contributed by atoms with van der Waals surface area (Å²) in [7, 11) is 0. The van der Waals surface area contributed by atoms with Crippen molar-refractivity contribution >= 4 is 35.5 Å². The molecule has 0 aromatic carbocycles. The topological polar surface area (TPSA) is 37.3 Å². The Kier molecular flexibility index (Phi) is 13.9. The van der Waals surface area contributed by atoms with E-state index in [1.165, 1.54) is 25.7 Å². The first kappa shape index (κ1) is 16.9. The van der Waals surface area contributed by atoms with Crippen LogP contribution < -0.4 is 0 Å². The number of hydrogen-bond acceptors (Lipinski definition) is 1. The van der Waals surface area contributed by atoms with Gasteiger partial charge in [0.1, 0.15) is 0 Å². The molecule has 0 spiro atoms. The van der Waals surface area contributed by atoms with Crippen molar-refractivity contribution in [3.05, 3.63) is 0 Å². The Morgan fingerprint density at radius 3 is 2.14 bits per heavy atom. The quantitative estimate of drug-likeness (QED) is 0.494. The first-order valence-electron chi connectivity index (χ1n) is 5.45. The Balaban J connectivity index is 0. The second-order valence-electron chi connectivity index (χ2n) is 3.65. The van der Waals surface area contributed by atoms with E-state index < -0.39 is 5.97 Å². The normalized spacial score (nSPS) is 11.9. The molecule has 1 atom stereocenters. The van der Waals surface area contributed by atoms with E-state index in [1.807, 2.05) is 6.92 Å². The molecule has 0 aromatic rings. The van der Waals surface area contributed by atoms with Gasteiger partial charge in [0.2, 0.25) is 0 Å². The minimum absolute atomic E-state index is 0. The van der Waals surface area contributed by atoms with Crippen molar-refractivity contribution in [1.29, 1.82) is 0 Å². The molecular weight excluding hydrogens is 187 g/mol. The number of carboxylic acids is 1. The SMILES string of the molecule is CCCCCCCC(CC)C(=O)O.[NaH]. The van der Waals surface area contributed by atoms with E-state index in [0.29, 0.717) is 0 Å². The zero-order valence-electron chi connectivity index (χ0n) is 8.88. The molecule has 80 valence electrons. The van der Waals surface area contributed by atoms with Crippen LogP contribution in [0.4, 0.5) is 0 Å². The molecule has 1 unspecified atom stereocenters. The van der Waals surface area contributed by atoms with Crippen molar-refractivity contribution in [2.45, 2.75) is 58.8 Å². The Morgan fingerprint density at radius 2 is 1.71 bits per heavy atom. The van der Waals surface area contributed by atoms with Crippen LogP contribution in [0.5, 0.6) is 0 Å². The zero-order chi connectivity index (χ0) is 10.1. The molecule has 14 heavy (non-hydrogen) atoms. The van der Waals surface area contributed by atoms with Crippen molar-refractivity contribution in [3.8, 4) is 0 Å². The molecule has 2 nitrogen and oxygen atoms in total. The summed E-state index contributed by atoms with van der Waals surface area (Å²) < 4.78 is 0. The summed E-state index contributed by atoms with van der Waals surface area (Å²) in [6.07, 6.45) is 7.67. The van der Waals surface area contributed by atoms with Gasteiger partial charge in [0.15, 0.2) is 0 Å². The fourth-order valence-corrected chi connectivity index (χ4v) is 1.50. The Hall–Kier alpha value is 0.470. The summed E-state index contributed by atoms with van der Waals surface area (Å²) in [5.41, 5.74) is 0. The van der Waals surface area contributed by atoms with E-state index >= 15 is 0 Å². The predicted molar refractivity (Wildman–Crippen MR) is 61.9 cm³/mol. The molecule has 0 saturated carbocycles. The summed E-state index contributed by atoms with van der Waals surface area (Å²) >= 11 is 0. The molecule has 0 heterocycles. The number of aliphatic carboxylic acids is 1. The molecule has 0 aliphatic rings. The van der Waals surface area contributed by atoms with Crippen LogP contribution >= 0.6 is 0 Å². The van der Waals surface area contributed by atoms with Crippen molar-refractivity contribution in [2.24, 2.45) is 5.92 Å². The third-order valence-corrected chi connectivity index (χ3v) is 2.50. The van der Waals surface area contributed by atoms with Crippen LogP contribution in [-0.2, 0) is 4.79 Å². The van der Waals surface area contributed by atoms with Gasteiger partial charge in [-0.05, 0) is 12.8 Å². The Bertz CT molecular complexity index is 137. The van der Waals surface area contributed by atoms with Crippen LogP contribution in [0.2, 0.25) is 0 Å². The molecule has 0 aromatic heterocycles. The summed E-state index contributed by atoms with van der Waals surface area (Å²) in [5.74, 6) is -0.736. The first-order valence-corrected chi connectivity index (χ1v) is 5.45. The van der Waals surface area contributed by atoms with E-state index in [1.54, 1.807) is 0 Å². The molecule has 0 aliphatic carbocycles. The third kappa shape index (κ3) is 9.04. The number of carbonyl (C=O) groups is 1. The van der Waals surface area contributed by atoms with Gasteiger partial charge in [-0.25, -0.2) is 0 Å². The van der Waals surface area contributed by atoms with E-state index in [2.05, 4.69) is 6.92 Å². The second-order valence-corrected chi connectivity index (χ2v) is 3.65. The van der Waals surface area contributed by atoms with Gasteiger partial charge in [-0.15, -0.1) is 0 Å². The fraction of sp³-hybridized carbons (Fsp3) is 0.909. The molecule has 0 radical (unpaired) electrons. The van der Waals surface area contributed by atoms with Gasteiger partial charge in [0.05, 0.1) is 5.92 Å². The van der Waals surface area contributed by atoms with E-state index in [9.17, 15) is 4.79 Å². The molecular formula is C11H23NaO2. The molecule has 0 bridgehead atoms. The Labute approximate surface area is 110 Å². The minimum atomic E-state index is -0.627. The van der Waals surface area contributed by atoms with Crippen molar-refractivity contribution in [1.82, 2.24) is 0 Å². The van der Waals surface area contributed by atoms with Gasteiger partial charge in [0, 0.05) is 0 Å². The van der Waals surface area contributed by atoms with Crippen LogP contribution in [0.1, 0.15) is 58.8 Å². The van der Waals surface area contributed by atoms with Crippen molar-refractivity contribution < 1.29 is 9.90 Å². The van der Waals surface area contributed by atoms with Crippen LogP contribution in [0.3, 0.4) is 0 Å². The van der Waals surface area contributed by atoms with Crippen LogP contribution in [0, 0.1) is 5.92 Å².